The summed E-state index contributed by atoms with van der Waals surface area (Å²) >= 11 is 6.24. The summed E-state index contributed by atoms with van der Waals surface area (Å²) in [6.07, 6.45) is 5.52. The lowest BCUT2D eigenvalue weighted by molar-refractivity contribution is -0.120. The third-order valence-electron chi connectivity index (χ3n) is 5.96. The molecule has 0 radical (unpaired) electrons. The smallest absolute Gasteiger partial charge is 0.283 e. The highest BCUT2D eigenvalue weighted by atomic mass is 35.5. The van der Waals surface area contributed by atoms with E-state index in [4.69, 9.17) is 16.3 Å². The average molecular weight is 468 g/mol. The predicted octanol–water partition coefficient (Wildman–Crippen LogP) is 4.50. The van der Waals surface area contributed by atoms with Crippen LogP contribution in [0.25, 0.3) is 0 Å². The number of ether oxygens (including phenoxy) is 1. The van der Waals surface area contributed by atoms with E-state index in [-0.39, 0.29) is 22.7 Å². The van der Waals surface area contributed by atoms with Gasteiger partial charge in [-0.1, -0.05) is 36.9 Å². The molecule has 1 fully saturated rings. The Bertz CT molecular complexity index is 1120. The third kappa shape index (κ3) is 4.73. The highest BCUT2D eigenvalue weighted by molar-refractivity contribution is 6.53. The third-order valence-corrected chi connectivity index (χ3v) is 6.31. The van der Waals surface area contributed by atoms with Crippen LogP contribution >= 0.6 is 11.6 Å². The molecule has 2 N–H and O–H groups in total. The lowest BCUT2D eigenvalue weighted by Crippen LogP contribution is -2.36. The van der Waals surface area contributed by atoms with Gasteiger partial charge in [0.25, 0.3) is 17.7 Å². The van der Waals surface area contributed by atoms with E-state index in [1.54, 1.807) is 36.4 Å². The molecule has 0 bridgehead atoms. The van der Waals surface area contributed by atoms with Crippen molar-refractivity contribution in [1.29, 1.82) is 0 Å². The monoisotopic (exact) mass is 467 g/mol. The molecule has 0 aromatic heterocycles. The zero-order valence-electron chi connectivity index (χ0n) is 18.6. The van der Waals surface area contributed by atoms with Crippen LogP contribution in [0.15, 0.2) is 53.2 Å². The zero-order chi connectivity index (χ0) is 23.5. The minimum Gasteiger partial charge on any atom is -0.495 e. The summed E-state index contributed by atoms with van der Waals surface area (Å²) in [5, 5.41) is 5.81. The van der Waals surface area contributed by atoms with Gasteiger partial charge in [0, 0.05) is 17.3 Å². The highest BCUT2D eigenvalue weighted by Crippen LogP contribution is 2.36. The number of carbonyl (C=O) groups is 3. The fourth-order valence-corrected chi connectivity index (χ4v) is 4.38. The molecule has 1 heterocycles. The molecule has 1 saturated carbocycles. The van der Waals surface area contributed by atoms with Gasteiger partial charge in [-0.25, -0.2) is 4.90 Å². The first kappa shape index (κ1) is 22.9. The number of anilines is 2. The second-order valence-corrected chi connectivity index (χ2v) is 8.70. The molecule has 33 heavy (non-hydrogen) atoms. The maximum absolute atomic E-state index is 13.1. The van der Waals surface area contributed by atoms with Gasteiger partial charge in [0.05, 0.1) is 12.8 Å². The Labute approximate surface area is 197 Å². The zero-order valence-corrected chi connectivity index (χ0v) is 19.4. The summed E-state index contributed by atoms with van der Waals surface area (Å²) in [6.45, 7) is 1.86. The van der Waals surface area contributed by atoms with E-state index < -0.39 is 11.8 Å². The van der Waals surface area contributed by atoms with Crippen molar-refractivity contribution < 1.29 is 19.1 Å². The lowest BCUT2D eigenvalue weighted by Gasteiger charge is -2.22. The topological polar surface area (TPSA) is 87.7 Å². The molecule has 2 aromatic rings. The number of nitrogens with zero attached hydrogens (tertiary/aromatic N) is 1. The number of nitrogens with one attached hydrogen (secondary N) is 2. The molecule has 1 aliphatic heterocycles. The lowest BCUT2D eigenvalue weighted by atomic mass is 9.95. The molecule has 0 atom stereocenters. The van der Waals surface area contributed by atoms with Gasteiger partial charge in [-0.05, 0) is 61.7 Å². The van der Waals surface area contributed by atoms with Gasteiger partial charge in [0.15, 0.2) is 0 Å². The van der Waals surface area contributed by atoms with Crippen molar-refractivity contribution in [3.63, 3.8) is 0 Å². The first-order valence-corrected chi connectivity index (χ1v) is 11.4. The molecule has 0 unspecified atom stereocenters. The van der Waals surface area contributed by atoms with Crippen molar-refractivity contribution in [3.8, 4) is 5.75 Å². The largest absolute Gasteiger partial charge is 0.495 e. The summed E-state index contributed by atoms with van der Waals surface area (Å²) in [5.74, 6) is -0.929. The van der Waals surface area contributed by atoms with E-state index in [0.717, 1.165) is 36.1 Å². The molecule has 4 rings (SSSR count). The minimum absolute atomic E-state index is 0.0235. The fraction of sp³-hybridized carbons (Fsp3) is 0.320. The van der Waals surface area contributed by atoms with Crippen LogP contribution in [0.5, 0.6) is 5.75 Å². The van der Waals surface area contributed by atoms with Gasteiger partial charge in [0.1, 0.15) is 16.5 Å². The normalized spacial score (nSPS) is 16.9. The first-order valence-electron chi connectivity index (χ1n) is 11.0. The number of hydrogen-bond acceptors (Lipinski definition) is 5. The number of carbonyl (C=O) groups excluding carboxylic acids is 3. The summed E-state index contributed by atoms with van der Waals surface area (Å²) in [7, 11) is 1.47. The number of methoxy groups -OCH3 is 1. The maximum atomic E-state index is 13.1. The van der Waals surface area contributed by atoms with Crippen LogP contribution in [0, 0.1) is 6.92 Å². The van der Waals surface area contributed by atoms with Crippen LogP contribution in [0.3, 0.4) is 0 Å². The van der Waals surface area contributed by atoms with Gasteiger partial charge in [-0.15, -0.1) is 0 Å². The Kier molecular flexibility index (Phi) is 6.70. The Balaban J connectivity index is 1.48. The van der Waals surface area contributed by atoms with E-state index in [9.17, 15) is 14.4 Å². The number of amides is 3. The summed E-state index contributed by atoms with van der Waals surface area (Å²) in [4.78, 5) is 39.4. The molecule has 172 valence electrons. The number of imide groups is 1. The Hall–Kier alpha value is -3.32. The van der Waals surface area contributed by atoms with Gasteiger partial charge < -0.3 is 15.4 Å². The quantitative estimate of drug-likeness (QED) is 0.610. The Morgan fingerprint density at radius 3 is 2.39 bits per heavy atom. The molecular weight excluding hydrogens is 442 g/mol. The predicted molar refractivity (Wildman–Crippen MR) is 128 cm³/mol. The molecule has 0 spiro atoms. The minimum atomic E-state index is -0.628. The fourth-order valence-electron chi connectivity index (χ4n) is 4.17. The van der Waals surface area contributed by atoms with Crippen molar-refractivity contribution in [3.05, 3.63) is 64.3 Å². The molecule has 7 nitrogen and oxygen atoms in total. The second-order valence-electron chi connectivity index (χ2n) is 8.32. The summed E-state index contributed by atoms with van der Waals surface area (Å²) in [5.41, 5.74) is 2.25. The number of aryl methyl sites for hydroxylation is 1. The average Bonchev–Trinajstić information content (AvgIpc) is 3.03. The summed E-state index contributed by atoms with van der Waals surface area (Å²) in [6, 6.07) is 12.2. The van der Waals surface area contributed by atoms with Crippen LogP contribution in [-0.2, 0) is 9.59 Å². The van der Waals surface area contributed by atoms with Crippen molar-refractivity contribution >= 4 is 40.7 Å². The van der Waals surface area contributed by atoms with E-state index in [1.807, 2.05) is 13.0 Å². The van der Waals surface area contributed by atoms with Gasteiger partial charge in [-0.2, -0.15) is 0 Å². The second kappa shape index (κ2) is 9.67. The van der Waals surface area contributed by atoms with E-state index in [1.165, 1.54) is 13.5 Å². The number of hydrogen-bond donors (Lipinski definition) is 2. The Morgan fingerprint density at radius 2 is 1.73 bits per heavy atom. The molecule has 1 aliphatic carbocycles. The molecule has 3 amide bonds. The number of benzene rings is 2. The van der Waals surface area contributed by atoms with E-state index >= 15 is 0 Å². The molecule has 0 saturated heterocycles. The van der Waals surface area contributed by atoms with E-state index in [2.05, 4.69) is 10.6 Å². The van der Waals surface area contributed by atoms with Crippen LogP contribution in [0.2, 0.25) is 0 Å². The molecule has 2 aromatic carbocycles. The van der Waals surface area contributed by atoms with E-state index in [0.29, 0.717) is 22.7 Å². The SMILES string of the molecule is COc1ccc(C)cc1N1C(=O)C(Cl)=C(Nc2ccc(C(=O)NC3CCCCC3)cc2)C1=O. The molecule has 8 heteroatoms. The van der Waals surface area contributed by atoms with Crippen molar-refractivity contribution in [2.24, 2.45) is 0 Å². The van der Waals surface area contributed by atoms with Gasteiger partial charge in [0.2, 0.25) is 0 Å². The Morgan fingerprint density at radius 1 is 1.03 bits per heavy atom. The number of halogens is 1. The summed E-state index contributed by atoms with van der Waals surface area (Å²) < 4.78 is 5.32. The van der Waals surface area contributed by atoms with Gasteiger partial charge in [-0.3, -0.25) is 14.4 Å². The first-order chi connectivity index (χ1) is 15.9. The standard InChI is InChI=1S/C25H26ClN3O4/c1-15-8-13-20(33-2)19(14-15)29-24(31)21(26)22(25(29)32)27-18-11-9-16(10-12-18)23(30)28-17-6-4-3-5-7-17/h8-14,17,27H,3-7H2,1-2H3,(H,28,30). The van der Waals surface area contributed by atoms with Gasteiger partial charge >= 0.3 is 0 Å². The molecular formula is C25H26ClN3O4. The highest BCUT2D eigenvalue weighted by Gasteiger charge is 2.40. The van der Waals surface area contributed by atoms with Crippen LogP contribution in [0.1, 0.15) is 48.0 Å². The van der Waals surface area contributed by atoms with Crippen molar-refractivity contribution in [2.45, 2.75) is 45.1 Å². The van der Waals surface area contributed by atoms with Crippen LogP contribution < -0.4 is 20.3 Å². The number of rotatable bonds is 6. The van der Waals surface area contributed by atoms with Crippen molar-refractivity contribution in [2.75, 3.05) is 17.3 Å². The van der Waals surface area contributed by atoms with Crippen LogP contribution in [-0.4, -0.2) is 30.9 Å². The molecule has 2 aliphatic rings. The van der Waals surface area contributed by atoms with Crippen LogP contribution in [0.4, 0.5) is 11.4 Å². The maximum Gasteiger partial charge on any atom is 0.283 e. The van der Waals surface area contributed by atoms with Crippen molar-refractivity contribution in [1.82, 2.24) is 5.32 Å².